The Kier molecular flexibility index (Phi) is 5.02. The minimum Gasteiger partial charge on any atom is -0.481 e. The van der Waals surface area contributed by atoms with E-state index in [1.165, 1.54) is 0 Å². The zero-order valence-electron chi connectivity index (χ0n) is 10.1. The minimum absolute atomic E-state index is 0.0936. The van der Waals surface area contributed by atoms with E-state index < -0.39 is 17.8 Å². The molecule has 0 aromatic rings. The van der Waals surface area contributed by atoms with Crippen LogP contribution in [0.4, 0.5) is 0 Å². The van der Waals surface area contributed by atoms with Crippen LogP contribution in [0.5, 0.6) is 0 Å². The predicted octanol–water partition coefficient (Wildman–Crippen LogP) is 1.41. The molecular formula is C13H19NO3. The van der Waals surface area contributed by atoms with E-state index in [9.17, 15) is 9.59 Å². The van der Waals surface area contributed by atoms with Crippen molar-refractivity contribution in [1.29, 1.82) is 0 Å². The zero-order chi connectivity index (χ0) is 12.8. The smallest absolute Gasteiger partial charge is 0.307 e. The van der Waals surface area contributed by atoms with Crippen LogP contribution >= 0.6 is 0 Å². The Morgan fingerprint density at radius 3 is 2.53 bits per heavy atom. The summed E-state index contributed by atoms with van der Waals surface area (Å²) in [4.78, 5) is 23.0. The van der Waals surface area contributed by atoms with Gasteiger partial charge in [-0.25, -0.2) is 0 Å². The number of carboxylic acids is 1. The summed E-state index contributed by atoms with van der Waals surface area (Å²) in [6.45, 7) is 1.83. The van der Waals surface area contributed by atoms with Crippen molar-refractivity contribution in [2.24, 2.45) is 11.8 Å². The van der Waals surface area contributed by atoms with Crippen LogP contribution in [0, 0.1) is 24.2 Å². The Labute approximate surface area is 102 Å². The first kappa shape index (κ1) is 13.6. The van der Waals surface area contributed by atoms with Crippen molar-refractivity contribution in [1.82, 2.24) is 5.32 Å². The lowest BCUT2D eigenvalue weighted by atomic mass is 9.78. The second-order valence-corrected chi connectivity index (χ2v) is 4.65. The largest absolute Gasteiger partial charge is 0.481 e. The minimum atomic E-state index is -0.866. The van der Waals surface area contributed by atoms with Crippen LogP contribution in [0.1, 0.15) is 39.0 Å². The lowest BCUT2D eigenvalue weighted by Crippen LogP contribution is -2.43. The van der Waals surface area contributed by atoms with E-state index in [2.05, 4.69) is 11.2 Å². The summed E-state index contributed by atoms with van der Waals surface area (Å²) in [6.07, 6.45) is 8.70. The summed E-state index contributed by atoms with van der Waals surface area (Å²) in [6, 6.07) is -0.0936. The zero-order valence-corrected chi connectivity index (χ0v) is 10.1. The monoisotopic (exact) mass is 237 g/mol. The summed E-state index contributed by atoms with van der Waals surface area (Å²) in [5.74, 6) is 0.504. The van der Waals surface area contributed by atoms with Gasteiger partial charge >= 0.3 is 5.97 Å². The van der Waals surface area contributed by atoms with Gasteiger partial charge in [0.1, 0.15) is 0 Å². The van der Waals surface area contributed by atoms with Gasteiger partial charge in [0.05, 0.1) is 11.8 Å². The maximum atomic E-state index is 12.0. The molecular weight excluding hydrogens is 218 g/mol. The van der Waals surface area contributed by atoms with Crippen LogP contribution in [0.25, 0.3) is 0 Å². The van der Waals surface area contributed by atoms with E-state index in [0.29, 0.717) is 19.3 Å². The average Bonchev–Trinajstić information content (AvgIpc) is 2.29. The molecule has 1 saturated carbocycles. The number of carboxylic acid groups (broad SMARTS) is 1. The highest BCUT2D eigenvalue weighted by atomic mass is 16.4. The molecule has 17 heavy (non-hydrogen) atoms. The molecule has 0 spiro atoms. The molecule has 1 fully saturated rings. The number of carbonyl (C=O) groups excluding carboxylic acids is 1. The van der Waals surface area contributed by atoms with Gasteiger partial charge in [-0.1, -0.05) is 12.8 Å². The van der Waals surface area contributed by atoms with Gasteiger partial charge in [0.2, 0.25) is 5.91 Å². The van der Waals surface area contributed by atoms with Crippen molar-refractivity contribution < 1.29 is 14.7 Å². The second kappa shape index (κ2) is 6.29. The third kappa shape index (κ3) is 3.77. The first-order valence-electron chi connectivity index (χ1n) is 6.03. The number of carbonyl (C=O) groups is 2. The Balaban J connectivity index is 2.59. The third-order valence-electron chi connectivity index (χ3n) is 3.23. The van der Waals surface area contributed by atoms with Crippen molar-refractivity contribution in [3.05, 3.63) is 0 Å². The molecule has 0 radical (unpaired) electrons. The Hall–Kier alpha value is -1.50. The Morgan fingerprint density at radius 2 is 2.00 bits per heavy atom. The van der Waals surface area contributed by atoms with Gasteiger partial charge in [-0.05, 0) is 19.8 Å². The Bertz CT molecular complexity index is 332. The van der Waals surface area contributed by atoms with Crippen molar-refractivity contribution in [2.45, 2.75) is 45.1 Å². The number of rotatable bonds is 4. The average molecular weight is 237 g/mol. The van der Waals surface area contributed by atoms with E-state index in [1.54, 1.807) is 0 Å². The summed E-state index contributed by atoms with van der Waals surface area (Å²) < 4.78 is 0. The summed E-state index contributed by atoms with van der Waals surface area (Å²) >= 11 is 0. The molecule has 2 N–H and O–H groups in total. The molecule has 0 bridgehead atoms. The highest BCUT2D eigenvalue weighted by Crippen LogP contribution is 2.30. The molecule has 0 aromatic carbocycles. The molecule has 0 aromatic heterocycles. The van der Waals surface area contributed by atoms with Gasteiger partial charge in [-0.2, -0.15) is 0 Å². The predicted molar refractivity (Wildman–Crippen MR) is 64.1 cm³/mol. The number of terminal acetylenes is 1. The van der Waals surface area contributed by atoms with Crippen LogP contribution in [0.15, 0.2) is 0 Å². The molecule has 4 heteroatoms. The number of nitrogens with one attached hydrogen (secondary N) is 1. The molecule has 1 unspecified atom stereocenters. The fourth-order valence-corrected chi connectivity index (χ4v) is 2.32. The van der Waals surface area contributed by atoms with Crippen molar-refractivity contribution >= 4 is 11.9 Å². The van der Waals surface area contributed by atoms with Gasteiger partial charge < -0.3 is 10.4 Å². The fourth-order valence-electron chi connectivity index (χ4n) is 2.32. The van der Waals surface area contributed by atoms with Gasteiger partial charge in [0.15, 0.2) is 0 Å². The van der Waals surface area contributed by atoms with Crippen LogP contribution in [-0.2, 0) is 9.59 Å². The highest BCUT2D eigenvalue weighted by molar-refractivity contribution is 5.85. The van der Waals surface area contributed by atoms with E-state index in [0.717, 1.165) is 12.8 Å². The lowest BCUT2D eigenvalue weighted by molar-refractivity contribution is -0.149. The van der Waals surface area contributed by atoms with Gasteiger partial charge in [-0.15, -0.1) is 12.3 Å². The first-order chi connectivity index (χ1) is 8.06. The molecule has 94 valence electrons. The molecule has 1 amide bonds. The van der Waals surface area contributed by atoms with Crippen LogP contribution in [0.3, 0.4) is 0 Å². The number of hydrogen-bond donors (Lipinski definition) is 2. The van der Waals surface area contributed by atoms with Gasteiger partial charge in [0, 0.05) is 12.5 Å². The van der Waals surface area contributed by atoms with Gasteiger partial charge in [0.25, 0.3) is 0 Å². The van der Waals surface area contributed by atoms with E-state index in [-0.39, 0.29) is 11.9 Å². The van der Waals surface area contributed by atoms with Gasteiger partial charge in [-0.3, -0.25) is 9.59 Å². The molecule has 3 atom stereocenters. The maximum absolute atomic E-state index is 12.0. The normalized spacial score (nSPS) is 25.6. The second-order valence-electron chi connectivity index (χ2n) is 4.65. The van der Waals surface area contributed by atoms with Crippen LogP contribution < -0.4 is 5.32 Å². The molecule has 1 rings (SSSR count). The highest BCUT2D eigenvalue weighted by Gasteiger charge is 2.35. The van der Waals surface area contributed by atoms with E-state index in [1.807, 2.05) is 6.92 Å². The van der Waals surface area contributed by atoms with E-state index in [4.69, 9.17) is 11.5 Å². The summed E-state index contributed by atoms with van der Waals surface area (Å²) in [5.41, 5.74) is 0. The molecule has 0 saturated heterocycles. The number of aliphatic carboxylic acids is 1. The first-order valence-corrected chi connectivity index (χ1v) is 6.03. The molecule has 1 aliphatic rings. The summed E-state index contributed by atoms with van der Waals surface area (Å²) in [7, 11) is 0. The Morgan fingerprint density at radius 1 is 1.41 bits per heavy atom. The molecule has 1 aliphatic carbocycles. The lowest BCUT2D eigenvalue weighted by Gasteiger charge is -2.28. The third-order valence-corrected chi connectivity index (χ3v) is 3.23. The summed E-state index contributed by atoms with van der Waals surface area (Å²) in [5, 5.41) is 11.9. The van der Waals surface area contributed by atoms with Crippen molar-refractivity contribution in [3.8, 4) is 12.3 Å². The fraction of sp³-hybridized carbons (Fsp3) is 0.692. The van der Waals surface area contributed by atoms with E-state index >= 15 is 0 Å². The standard InChI is InChI=1S/C13H19NO3/c1-3-6-9(2)14-12(15)10-7-4-5-8-11(10)13(16)17/h1,9-11H,4-8H2,2H3,(H,14,15)(H,16,17)/t9?,10-,11+/m1/s1. The quantitative estimate of drug-likeness (QED) is 0.726. The van der Waals surface area contributed by atoms with Crippen LogP contribution in [-0.4, -0.2) is 23.0 Å². The molecule has 0 aliphatic heterocycles. The number of hydrogen-bond acceptors (Lipinski definition) is 2. The maximum Gasteiger partial charge on any atom is 0.307 e. The number of amides is 1. The van der Waals surface area contributed by atoms with Crippen molar-refractivity contribution in [3.63, 3.8) is 0 Å². The molecule has 0 heterocycles. The SMILES string of the molecule is C#CCC(C)NC(=O)[C@@H]1CCCC[C@@H]1C(=O)O. The van der Waals surface area contributed by atoms with Crippen molar-refractivity contribution in [2.75, 3.05) is 0 Å². The topological polar surface area (TPSA) is 66.4 Å². The molecule has 4 nitrogen and oxygen atoms in total. The van der Waals surface area contributed by atoms with Crippen LogP contribution in [0.2, 0.25) is 0 Å².